The minimum absolute atomic E-state index is 0.467. The van der Waals surface area contributed by atoms with Gasteiger partial charge in [0.15, 0.2) is 5.11 Å². The molecule has 0 spiro atoms. The molecule has 0 saturated carbocycles. The lowest BCUT2D eigenvalue weighted by molar-refractivity contribution is 0.926. The standard InChI is InChI=1S/C14H11Cl3N2S/c15-10-5-6-13(12(17)7-10)19-14(20)18-8-9-3-1-2-4-11(9)16/h1-7H,8H2,(H2,18,19,20). The normalized spacial score (nSPS) is 10.2. The predicted octanol–water partition coefficient (Wildman–Crippen LogP) is 5.13. The molecule has 6 heteroatoms. The molecule has 2 rings (SSSR count). The molecule has 0 aliphatic heterocycles. The highest BCUT2D eigenvalue weighted by Gasteiger charge is 2.04. The second-order valence-corrected chi connectivity index (χ2v) is 5.68. The van der Waals surface area contributed by atoms with E-state index in [-0.39, 0.29) is 0 Å². The van der Waals surface area contributed by atoms with Gasteiger partial charge in [-0.2, -0.15) is 0 Å². The van der Waals surface area contributed by atoms with Crippen LogP contribution in [0.2, 0.25) is 15.1 Å². The van der Waals surface area contributed by atoms with Crippen LogP contribution in [0.15, 0.2) is 42.5 Å². The second-order valence-electron chi connectivity index (χ2n) is 4.02. The van der Waals surface area contributed by atoms with Crippen molar-refractivity contribution < 1.29 is 0 Å². The van der Waals surface area contributed by atoms with E-state index in [2.05, 4.69) is 10.6 Å². The van der Waals surface area contributed by atoms with Gasteiger partial charge in [0.1, 0.15) is 0 Å². The highest BCUT2D eigenvalue weighted by atomic mass is 35.5. The molecule has 2 nitrogen and oxygen atoms in total. The zero-order valence-corrected chi connectivity index (χ0v) is 13.4. The molecule has 0 amide bonds. The van der Waals surface area contributed by atoms with Gasteiger partial charge in [-0.3, -0.25) is 0 Å². The molecule has 0 heterocycles. The Bertz CT molecular complexity index is 632. The van der Waals surface area contributed by atoms with Crippen LogP contribution in [0, 0.1) is 0 Å². The summed E-state index contributed by atoms with van der Waals surface area (Å²) in [5.41, 5.74) is 1.67. The van der Waals surface area contributed by atoms with E-state index in [0.717, 1.165) is 5.56 Å². The van der Waals surface area contributed by atoms with E-state index in [1.165, 1.54) is 0 Å². The van der Waals surface area contributed by atoms with E-state index in [9.17, 15) is 0 Å². The lowest BCUT2D eigenvalue weighted by atomic mass is 10.2. The molecular formula is C14H11Cl3N2S. The van der Waals surface area contributed by atoms with E-state index < -0.39 is 0 Å². The van der Waals surface area contributed by atoms with Gasteiger partial charge in [0.25, 0.3) is 0 Å². The third-order valence-electron chi connectivity index (χ3n) is 2.58. The van der Waals surface area contributed by atoms with E-state index in [0.29, 0.717) is 32.4 Å². The van der Waals surface area contributed by atoms with Gasteiger partial charge in [-0.15, -0.1) is 0 Å². The van der Waals surface area contributed by atoms with Crippen LogP contribution in [-0.4, -0.2) is 5.11 Å². The van der Waals surface area contributed by atoms with Gasteiger partial charge >= 0.3 is 0 Å². The molecule has 0 bridgehead atoms. The highest BCUT2D eigenvalue weighted by molar-refractivity contribution is 7.80. The quantitative estimate of drug-likeness (QED) is 0.754. The van der Waals surface area contributed by atoms with Crippen LogP contribution in [0.1, 0.15) is 5.56 Å². The Morgan fingerprint density at radius 3 is 2.45 bits per heavy atom. The molecule has 0 radical (unpaired) electrons. The summed E-state index contributed by atoms with van der Waals surface area (Å²) in [5, 5.41) is 8.35. The lowest BCUT2D eigenvalue weighted by Crippen LogP contribution is -2.28. The van der Waals surface area contributed by atoms with E-state index in [4.69, 9.17) is 47.0 Å². The van der Waals surface area contributed by atoms with Crippen LogP contribution in [0.5, 0.6) is 0 Å². The van der Waals surface area contributed by atoms with Crippen molar-refractivity contribution in [1.82, 2.24) is 5.32 Å². The average molecular weight is 346 g/mol. The van der Waals surface area contributed by atoms with Crippen molar-refractivity contribution in [2.45, 2.75) is 6.54 Å². The number of hydrogen-bond acceptors (Lipinski definition) is 1. The Balaban J connectivity index is 1.94. The summed E-state index contributed by atoms with van der Waals surface area (Å²) in [4.78, 5) is 0. The molecule has 2 aromatic carbocycles. The number of benzene rings is 2. The van der Waals surface area contributed by atoms with E-state index in [1.54, 1.807) is 18.2 Å². The SMILES string of the molecule is S=C(NCc1ccccc1Cl)Nc1ccc(Cl)cc1Cl. The fourth-order valence-electron chi connectivity index (χ4n) is 1.57. The molecule has 20 heavy (non-hydrogen) atoms. The number of thiocarbonyl (C=S) groups is 1. The fraction of sp³-hybridized carbons (Fsp3) is 0.0714. The van der Waals surface area contributed by atoms with E-state index in [1.807, 2.05) is 24.3 Å². The third kappa shape index (κ3) is 4.25. The average Bonchev–Trinajstić information content (AvgIpc) is 2.41. The minimum atomic E-state index is 0.467. The summed E-state index contributed by atoms with van der Waals surface area (Å²) in [6.07, 6.45) is 0. The molecule has 2 aromatic rings. The third-order valence-corrected chi connectivity index (χ3v) is 3.74. The first-order valence-corrected chi connectivity index (χ1v) is 7.34. The molecule has 104 valence electrons. The number of hydrogen-bond donors (Lipinski definition) is 2. The Hall–Kier alpha value is -1.000. The molecule has 0 fully saturated rings. The summed E-state index contributed by atoms with van der Waals surface area (Å²) in [7, 11) is 0. The smallest absolute Gasteiger partial charge is 0.171 e. The molecule has 0 aromatic heterocycles. The monoisotopic (exact) mass is 344 g/mol. The van der Waals surface area contributed by atoms with Crippen molar-refractivity contribution in [1.29, 1.82) is 0 Å². The lowest BCUT2D eigenvalue weighted by Gasteiger charge is -2.12. The highest BCUT2D eigenvalue weighted by Crippen LogP contribution is 2.25. The van der Waals surface area contributed by atoms with Crippen LogP contribution in [-0.2, 0) is 6.54 Å². The van der Waals surface area contributed by atoms with Crippen molar-refractivity contribution in [3.63, 3.8) is 0 Å². The molecule has 2 N–H and O–H groups in total. The van der Waals surface area contributed by atoms with Crippen LogP contribution >= 0.6 is 47.0 Å². The number of nitrogens with one attached hydrogen (secondary N) is 2. The number of anilines is 1. The van der Waals surface area contributed by atoms with Crippen LogP contribution < -0.4 is 10.6 Å². The van der Waals surface area contributed by atoms with Crippen molar-refractivity contribution in [2.75, 3.05) is 5.32 Å². The zero-order chi connectivity index (χ0) is 14.5. The van der Waals surface area contributed by atoms with E-state index >= 15 is 0 Å². The topological polar surface area (TPSA) is 24.1 Å². The second kappa shape index (κ2) is 7.14. The molecule has 0 atom stereocenters. The number of rotatable bonds is 3. The first-order valence-electron chi connectivity index (χ1n) is 5.79. The van der Waals surface area contributed by atoms with Gasteiger partial charge in [-0.1, -0.05) is 53.0 Å². The maximum atomic E-state index is 6.07. The van der Waals surface area contributed by atoms with Crippen LogP contribution in [0.25, 0.3) is 0 Å². The summed E-state index contributed by atoms with van der Waals surface area (Å²) in [6, 6.07) is 12.8. The Labute approximate surface area is 138 Å². The Kier molecular flexibility index (Phi) is 5.49. The van der Waals surface area contributed by atoms with Gasteiger partial charge in [-0.05, 0) is 42.0 Å². The van der Waals surface area contributed by atoms with Gasteiger partial charge in [-0.25, -0.2) is 0 Å². The summed E-state index contributed by atoms with van der Waals surface area (Å²) in [5.74, 6) is 0. The maximum Gasteiger partial charge on any atom is 0.171 e. The van der Waals surface area contributed by atoms with Crippen LogP contribution in [0.3, 0.4) is 0 Å². The molecule has 0 saturated heterocycles. The first-order chi connectivity index (χ1) is 9.56. The van der Waals surface area contributed by atoms with Crippen LogP contribution in [0.4, 0.5) is 5.69 Å². The largest absolute Gasteiger partial charge is 0.358 e. The first kappa shape index (κ1) is 15.4. The fourth-order valence-corrected chi connectivity index (χ4v) is 2.42. The van der Waals surface area contributed by atoms with Crippen molar-refractivity contribution in [2.24, 2.45) is 0 Å². The molecular weight excluding hydrogens is 335 g/mol. The summed E-state index contributed by atoms with van der Waals surface area (Å²) >= 11 is 23.2. The Morgan fingerprint density at radius 2 is 1.75 bits per heavy atom. The summed E-state index contributed by atoms with van der Waals surface area (Å²) in [6.45, 7) is 0.538. The van der Waals surface area contributed by atoms with Gasteiger partial charge in [0, 0.05) is 16.6 Å². The minimum Gasteiger partial charge on any atom is -0.358 e. The Morgan fingerprint density at radius 1 is 1.00 bits per heavy atom. The predicted molar refractivity (Wildman–Crippen MR) is 91.0 cm³/mol. The van der Waals surface area contributed by atoms with Gasteiger partial charge in [0.05, 0.1) is 10.7 Å². The molecule has 0 aliphatic carbocycles. The van der Waals surface area contributed by atoms with Gasteiger partial charge in [0.2, 0.25) is 0 Å². The molecule has 0 unspecified atom stereocenters. The maximum absolute atomic E-state index is 6.07. The number of halogens is 3. The van der Waals surface area contributed by atoms with Crippen molar-refractivity contribution >= 4 is 57.8 Å². The van der Waals surface area contributed by atoms with Crippen molar-refractivity contribution in [3.8, 4) is 0 Å². The zero-order valence-electron chi connectivity index (χ0n) is 10.3. The van der Waals surface area contributed by atoms with Gasteiger partial charge < -0.3 is 10.6 Å². The molecule has 0 aliphatic rings. The summed E-state index contributed by atoms with van der Waals surface area (Å²) < 4.78 is 0. The van der Waals surface area contributed by atoms with Crippen molar-refractivity contribution in [3.05, 3.63) is 63.1 Å².